The number of ether oxygens (including phenoxy) is 1. The first-order valence-corrected chi connectivity index (χ1v) is 8.10. The van der Waals surface area contributed by atoms with Crippen molar-refractivity contribution >= 4 is 11.6 Å². The molecule has 0 heterocycles. The summed E-state index contributed by atoms with van der Waals surface area (Å²) in [6.45, 7) is 4.16. The molecule has 2 aromatic carbocycles. The maximum Gasteiger partial charge on any atom is 0.270 e. The topological polar surface area (TPSA) is 81.5 Å². The molecule has 0 unspecified atom stereocenters. The van der Waals surface area contributed by atoms with Gasteiger partial charge in [-0.2, -0.15) is 0 Å². The second-order valence-corrected chi connectivity index (χ2v) is 6.24. The van der Waals surface area contributed by atoms with E-state index in [1.54, 1.807) is 13.2 Å². The van der Waals surface area contributed by atoms with Crippen LogP contribution in [0.15, 0.2) is 48.5 Å². The van der Waals surface area contributed by atoms with Crippen molar-refractivity contribution in [3.63, 3.8) is 0 Å². The third-order valence-electron chi connectivity index (χ3n) is 3.85. The summed E-state index contributed by atoms with van der Waals surface area (Å²) in [5.74, 6) is 0.791. The van der Waals surface area contributed by atoms with Crippen LogP contribution >= 0.6 is 0 Å². The van der Waals surface area contributed by atoms with E-state index in [4.69, 9.17) is 4.74 Å². The molecule has 2 aromatic rings. The number of nitro groups is 1. The first kappa shape index (κ1) is 18.4. The summed E-state index contributed by atoms with van der Waals surface area (Å²) in [7, 11) is 1.60. The SMILES string of the molecule is COc1ccc([C@H](CC(C)C)NC(=O)c2cccc([N+](=O)[O-])c2)cc1. The Labute approximate surface area is 147 Å². The number of amides is 1. The van der Waals surface area contributed by atoms with Crippen molar-refractivity contribution < 1.29 is 14.5 Å². The minimum Gasteiger partial charge on any atom is -0.497 e. The second-order valence-electron chi connectivity index (χ2n) is 6.24. The molecule has 0 aliphatic heterocycles. The van der Waals surface area contributed by atoms with Gasteiger partial charge in [-0.3, -0.25) is 14.9 Å². The summed E-state index contributed by atoms with van der Waals surface area (Å²) < 4.78 is 5.16. The van der Waals surface area contributed by atoms with Gasteiger partial charge in [-0.05, 0) is 36.1 Å². The highest BCUT2D eigenvalue weighted by molar-refractivity contribution is 5.95. The van der Waals surface area contributed by atoms with E-state index in [1.165, 1.54) is 18.2 Å². The van der Waals surface area contributed by atoms with Crippen LogP contribution in [0.2, 0.25) is 0 Å². The van der Waals surface area contributed by atoms with Crippen LogP contribution in [-0.4, -0.2) is 17.9 Å². The number of non-ortho nitro benzene ring substituents is 1. The third kappa shape index (κ3) is 5.04. The average molecular weight is 342 g/mol. The Morgan fingerprint density at radius 1 is 1.20 bits per heavy atom. The Bertz CT molecular complexity index is 741. The molecule has 0 aliphatic carbocycles. The van der Waals surface area contributed by atoms with Crippen LogP contribution in [0.4, 0.5) is 5.69 Å². The minimum absolute atomic E-state index is 0.0995. The highest BCUT2D eigenvalue weighted by atomic mass is 16.6. The van der Waals surface area contributed by atoms with Crippen molar-refractivity contribution in [1.29, 1.82) is 0 Å². The Hall–Kier alpha value is -2.89. The van der Waals surface area contributed by atoms with Gasteiger partial charge in [0, 0.05) is 17.7 Å². The fourth-order valence-corrected chi connectivity index (χ4v) is 2.59. The molecule has 132 valence electrons. The fourth-order valence-electron chi connectivity index (χ4n) is 2.59. The normalized spacial score (nSPS) is 11.8. The quantitative estimate of drug-likeness (QED) is 0.606. The number of hydrogen-bond donors (Lipinski definition) is 1. The number of nitro benzene ring substituents is 1. The van der Waals surface area contributed by atoms with Gasteiger partial charge < -0.3 is 10.1 Å². The zero-order valence-corrected chi connectivity index (χ0v) is 14.6. The molecule has 0 saturated heterocycles. The lowest BCUT2D eigenvalue weighted by Crippen LogP contribution is -2.29. The highest BCUT2D eigenvalue weighted by Crippen LogP contribution is 2.24. The number of nitrogens with one attached hydrogen (secondary N) is 1. The lowest BCUT2D eigenvalue weighted by atomic mass is 9.96. The maximum absolute atomic E-state index is 12.5. The molecule has 1 amide bonds. The van der Waals surface area contributed by atoms with Gasteiger partial charge in [-0.15, -0.1) is 0 Å². The molecular weight excluding hydrogens is 320 g/mol. The van der Waals surface area contributed by atoms with Gasteiger partial charge in [0.05, 0.1) is 18.1 Å². The molecule has 0 saturated carbocycles. The van der Waals surface area contributed by atoms with E-state index >= 15 is 0 Å². The number of methoxy groups -OCH3 is 1. The van der Waals surface area contributed by atoms with Crippen molar-refractivity contribution in [2.24, 2.45) is 5.92 Å². The Morgan fingerprint density at radius 2 is 1.88 bits per heavy atom. The van der Waals surface area contributed by atoms with E-state index in [9.17, 15) is 14.9 Å². The number of hydrogen-bond acceptors (Lipinski definition) is 4. The zero-order chi connectivity index (χ0) is 18.4. The fraction of sp³-hybridized carbons (Fsp3) is 0.316. The number of nitrogens with zero attached hydrogens (tertiary/aromatic N) is 1. The van der Waals surface area contributed by atoms with E-state index in [2.05, 4.69) is 19.2 Å². The van der Waals surface area contributed by atoms with Crippen LogP contribution in [0.3, 0.4) is 0 Å². The van der Waals surface area contributed by atoms with Gasteiger partial charge >= 0.3 is 0 Å². The van der Waals surface area contributed by atoms with Crippen LogP contribution in [0.5, 0.6) is 5.75 Å². The molecule has 6 nitrogen and oxygen atoms in total. The Kier molecular flexibility index (Phi) is 6.11. The second kappa shape index (κ2) is 8.28. The van der Waals surface area contributed by atoms with E-state index in [0.29, 0.717) is 5.92 Å². The minimum atomic E-state index is -0.508. The molecule has 25 heavy (non-hydrogen) atoms. The van der Waals surface area contributed by atoms with Crippen LogP contribution < -0.4 is 10.1 Å². The number of carbonyl (C=O) groups is 1. The number of benzene rings is 2. The molecule has 6 heteroatoms. The van der Waals surface area contributed by atoms with Gasteiger partial charge in [0.2, 0.25) is 0 Å². The molecule has 2 rings (SSSR count). The third-order valence-corrected chi connectivity index (χ3v) is 3.85. The van der Waals surface area contributed by atoms with Crippen molar-refractivity contribution in [2.75, 3.05) is 7.11 Å². The van der Waals surface area contributed by atoms with Crippen LogP contribution in [0.1, 0.15) is 42.2 Å². The smallest absolute Gasteiger partial charge is 0.270 e. The molecular formula is C19H22N2O4. The molecule has 1 N–H and O–H groups in total. The van der Waals surface area contributed by atoms with Crippen molar-refractivity contribution in [3.8, 4) is 5.75 Å². The van der Waals surface area contributed by atoms with Gasteiger partial charge in [-0.25, -0.2) is 0 Å². The maximum atomic E-state index is 12.5. The summed E-state index contributed by atoms with van der Waals surface area (Å²) in [5, 5.41) is 13.9. The summed E-state index contributed by atoms with van der Waals surface area (Å²) >= 11 is 0. The predicted molar refractivity (Wildman–Crippen MR) is 95.8 cm³/mol. The standard InChI is InChI=1S/C19H22N2O4/c1-13(2)11-18(14-7-9-17(25-3)10-8-14)20-19(22)15-5-4-6-16(12-15)21(23)24/h4-10,12-13,18H,11H2,1-3H3,(H,20,22)/t18-/m0/s1. The van der Waals surface area contributed by atoms with Crippen molar-refractivity contribution in [1.82, 2.24) is 5.32 Å². The lowest BCUT2D eigenvalue weighted by molar-refractivity contribution is -0.384. The molecule has 0 bridgehead atoms. The monoisotopic (exact) mass is 342 g/mol. The summed E-state index contributed by atoms with van der Waals surface area (Å²) in [4.78, 5) is 22.9. The molecule has 1 atom stereocenters. The lowest BCUT2D eigenvalue weighted by Gasteiger charge is -2.21. The van der Waals surface area contributed by atoms with E-state index in [1.807, 2.05) is 24.3 Å². The Morgan fingerprint density at radius 3 is 2.44 bits per heavy atom. The Balaban J connectivity index is 2.22. The largest absolute Gasteiger partial charge is 0.497 e. The molecule has 0 spiro atoms. The van der Waals surface area contributed by atoms with E-state index in [-0.39, 0.29) is 23.2 Å². The highest BCUT2D eigenvalue weighted by Gasteiger charge is 2.18. The summed E-state index contributed by atoms with van der Waals surface area (Å²) in [5.41, 5.74) is 1.14. The zero-order valence-electron chi connectivity index (χ0n) is 14.6. The van der Waals surface area contributed by atoms with Gasteiger partial charge in [0.25, 0.3) is 11.6 Å². The molecule has 0 radical (unpaired) electrons. The van der Waals surface area contributed by atoms with Crippen molar-refractivity contribution in [3.05, 3.63) is 69.8 Å². The molecule has 0 aromatic heterocycles. The van der Waals surface area contributed by atoms with Crippen LogP contribution in [-0.2, 0) is 0 Å². The predicted octanol–water partition coefficient (Wildman–Crippen LogP) is 4.12. The van der Waals surface area contributed by atoms with Gasteiger partial charge in [-0.1, -0.05) is 32.0 Å². The average Bonchev–Trinajstić information content (AvgIpc) is 2.61. The number of carbonyl (C=O) groups excluding carboxylic acids is 1. The first-order valence-electron chi connectivity index (χ1n) is 8.10. The van der Waals surface area contributed by atoms with E-state index < -0.39 is 4.92 Å². The molecule has 0 aliphatic rings. The first-order chi connectivity index (χ1) is 11.9. The summed E-state index contributed by atoms with van der Waals surface area (Å²) in [6, 6.07) is 13.1. The molecule has 0 fully saturated rings. The van der Waals surface area contributed by atoms with Crippen LogP contribution in [0, 0.1) is 16.0 Å². The summed E-state index contributed by atoms with van der Waals surface area (Å²) in [6.07, 6.45) is 0.757. The van der Waals surface area contributed by atoms with Gasteiger partial charge in [0.15, 0.2) is 0 Å². The number of rotatable bonds is 7. The van der Waals surface area contributed by atoms with E-state index in [0.717, 1.165) is 17.7 Å². The van der Waals surface area contributed by atoms with Crippen LogP contribution in [0.25, 0.3) is 0 Å². The van der Waals surface area contributed by atoms with Crippen molar-refractivity contribution in [2.45, 2.75) is 26.3 Å². The van der Waals surface area contributed by atoms with Gasteiger partial charge in [0.1, 0.15) is 5.75 Å².